The summed E-state index contributed by atoms with van der Waals surface area (Å²) in [5.74, 6) is 0.816. The Morgan fingerprint density at radius 1 is 1.25 bits per heavy atom. The van der Waals surface area contributed by atoms with Crippen LogP contribution in [0.4, 0.5) is 5.69 Å². The molecule has 0 bridgehead atoms. The second-order valence-corrected chi connectivity index (χ2v) is 6.11. The molecule has 3 nitrogen and oxygen atoms in total. The predicted molar refractivity (Wildman–Crippen MR) is 84.1 cm³/mol. The molecule has 0 aliphatic heterocycles. The van der Waals surface area contributed by atoms with Gasteiger partial charge in [-0.3, -0.25) is 4.79 Å². The van der Waals surface area contributed by atoms with E-state index in [-0.39, 0.29) is 5.91 Å². The van der Waals surface area contributed by atoms with E-state index in [2.05, 4.69) is 12.2 Å². The van der Waals surface area contributed by atoms with Gasteiger partial charge in [0.05, 0.1) is 0 Å². The number of nitrogens with one attached hydrogen (secondary N) is 1. The van der Waals surface area contributed by atoms with Crippen LogP contribution in [-0.4, -0.2) is 30.9 Å². The summed E-state index contributed by atoms with van der Waals surface area (Å²) in [6, 6.07) is 8.30. The minimum atomic E-state index is 0.0546. The number of anilines is 1. The van der Waals surface area contributed by atoms with E-state index >= 15 is 0 Å². The molecule has 0 aromatic heterocycles. The monoisotopic (exact) mass is 274 g/mol. The largest absolute Gasteiger partial charge is 0.382 e. The van der Waals surface area contributed by atoms with Gasteiger partial charge in [0, 0.05) is 31.4 Å². The topological polar surface area (TPSA) is 32.3 Å². The first kappa shape index (κ1) is 14.9. The fourth-order valence-corrected chi connectivity index (χ4v) is 3.02. The maximum absolute atomic E-state index is 12.0. The highest BCUT2D eigenvalue weighted by atomic mass is 16.2. The van der Waals surface area contributed by atoms with Crippen LogP contribution in [0.25, 0.3) is 0 Å². The van der Waals surface area contributed by atoms with Gasteiger partial charge in [-0.25, -0.2) is 0 Å². The van der Waals surface area contributed by atoms with Crippen molar-refractivity contribution in [2.75, 3.05) is 19.4 Å². The van der Waals surface area contributed by atoms with Crippen molar-refractivity contribution in [2.45, 2.75) is 45.1 Å². The molecule has 1 fully saturated rings. The molecule has 1 aromatic carbocycles. The summed E-state index contributed by atoms with van der Waals surface area (Å²) in [7, 11) is 3.57. The lowest BCUT2D eigenvalue weighted by atomic mass is 9.84. The molecule has 1 aromatic rings. The summed E-state index contributed by atoms with van der Waals surface area (Å²) in [6.45, 7) is 2.26. The molecule has 0 saturated heterocycles. The average Bonchev–Trinajstić information content (AvgIpc) is 2.47. The molecule has 1 amide bonds. The van der Waals surface area contributed by atoms with Crippen LogP contribution in [-0.2, 0) is 0 Å². The SMILES string of the molecule is CC(Nc1cccc(C(=O)N(C)C)c1)C1CCCCC1. The van der Waals surface area contributed by atoms with Gasteiger partial charge in [0.15, 0.2) is 0 Å². The number of carbonyl (C=O) groups excluding carboxylic acids is 1. The van der Waals surface area contributed by atoms with E-state index in [1.165, 1.54) is 32.1 Å². The van der Waals surface area contributed by atoms with E-state index in [9.17, 15) is 4.79 Å². The molecule has 1 unspecified atom stereocenters. The Kier molecular flexibility index (Phi) is 5.05. The van der Waals surface area contributed by atoms with Crippen molar-refractivity contribution in [3.8, 4) is 0 Å². The molecular weight excluding hydrogens is 248 g/mol. The maximum atomic E-state index is 12.0. The lowest BCUT2D eigenvalue weighted by Crippen LogP contribution is -2.28. The number of hydrogen-bond acceptors (Lipinski definition) is 2. The third-order valence-corrected chi connectivity index (χ3v) is 4.27. The highest BCUT2D eigenvalue weighted by Gasteiger charge is 2.20. The number of nitrogens with zero attached hydrogens (tertiary/aromatic N) is 1. The predicted octanol–water partition coefficient (Wildman–Crippen LogP) is 3.77. The molecule has 0 radical (unpaired) electrons. The molecule has 1 aliphatic rings. The first-order valence-electron chi connectivity index (χ1n) is 7.66. The van der Waals surface area contributed by atoms with Crippen molar-refractivity contribution in [3.05, 3.63) is 29.8 Å². The van der Waals surface area contributed by atoms with Crippen LogP contribution in [0.3, 0.4) is 0 Å². The zero-order chi connectivity index (χ0) is 14.5. The van der Waals surface area contributed by atoms with Crippen LogP contribution in [0.2, 0.25) is 0 Å². The number of amides is 1. The van der Waals surface area contributed by atoms with E-state index in [1.54, 1.807) is 19.0 Å². The minimum absolute atomic E-state index is 0.0546. The van der Waals surface area contributed by atoms with Crippen molar-refractivity contribution in [3.63, 3.8) is 0 Å². The van der Waals surface area contributed by atoms with E-state index in [4.69, 9.17) is 0 Å². The summed E-state index contributed by atoms with van der Waals surface area (Å²) in [5, 5.41) is 3.58. The van der Waals surface area contributed by atoms with Crippen LogP contribution >= 0.6 is 0 Å². The van der Waals surface area contributed by atoms with Gasteiger partial charge in [0.1, 0.15) is 0 Å². The summed E-state index contributed by atoms with van der Waals surface area (Å²) in [5.41, 5.74) is 1.80. The summed E-state index contributed by atoms with van der Waals surface area (Å²) < 4.78 is 0. The van der Waals surface area contributed by atoms with Gasteiger partial charge in [0.25, 0.3) is 5.91 Å². The molecule has 3 heteroatoms. The Morgan fingerprint density at radius 2 is 1.95 bits per heavy atom. The standard InChI is InChI=1S/C17H26N2O/c1-13(14-8-5-4-6-9-14)18-16-11-7-10-15(12-16)17(20)19(2)3/h7,10-14,18H,4-6,8-9H2,1-3H3. The lowest BCUT2D eigenvalue weighted by molar-refractivity contribution is 0.0827. The van der Waals surface area contributed by atoms with Crippen LogP contribution in [0.15, 0.2) is 24.3 Å². The van der Waals surface area contributed by atoms with Crippen LogP contribution in [0.5, 0.6) is 0 Å². The Hall–Kier alpha value is -1.51. The summed E-state index contributed by atoms with van der Waals surface area (Å²) >= 11 is 0. The lowest BCUT2D eigenvalue weighted by Gasteiger charge is -2.29. The average molecular weight is 274 g/mol. The molecule has 0 heterocycles. The third-order valence-electron chi connectivity index (χ3n) is 4.27. The number of benzene rings is 1. The van der Waals surface area contributed by atoms with Crippen LogP contribution < -0.4 is 5.32 Å². The van der Waals surface area contributed by atoms with Gasteiger partial charge < -0.3 is 10.2 Å². The van der Waals surface area contributed by atoms with E-state index < -0.39 is 0 Å². The molecule has 1 saturated carbocycles. The molecule has 20 heavy (non-hydrogen) atoms. The first-order valence-corrected chi connectivity index (χ1v) is 7.66. The quantitative estimate of drug-likeness (QED) is 0.906. The Morgan fingerprint density at radius 3 is 2.60 bits per heavy atom. The highest BCUT2D eigenvalue weighted by molar-refractivity contribution is 5.94. The molecular formula is C17H26N2O. The fraction of sp³-hybridized carbons (Fsp3) is 0.588. The Bertz CT molecular complexity index is 450. The van der Waals surface area contributed by atoms with E-state index in [0.29, 0.717) is 6.04 Å². The molecule has 1 N–H and O–H groups in total. The zero-order valence-electron chi connectivity index (χ0n) is 12.9. The maximum Gasteiger partial charge on any atom is 0.253 e. The van der Waals surface area contributed by atoms with Gasteiger partial charge in [-0.05, 0) is 43.9 Å². The number of hydrogen-bond donors (Lipinski definition) is 1. The fourth-order valence-electron chi connectivity index (χ4n) is 3.02. The van der Waals surface area contributed by atoms with Crippen LogP contribution in [0, 0.1) is 5.92 Å². The highest BCUT2D eigenvalue weighted by Crippen LogP contribution is 2.28. The molecule has 110 valence electrons. The molecule has 1 aliphatic carbocycles. The summed E-state index contributed by atoms with van der Waals surface area (Å²) in [6.07, 6.45) is 6.75. The minimum Gasteiger partial charge on any atom is -0.382 e. The smallest absolute Gasteiger partial charge is 0.253 e. The van der Waals surface area contributed by atoms with Crippen molar-refractivity contribution in [2.24, 2.45) is 5.92 Å². The van der Waals surface area contributed by atoms with Gasteiger partial charge in [-0.15, -0.1) is 0 Å². The van der Waals surface area contributed by atoms with Crippen LogP contribution in [0.1, 0.15) is 49.4 Å². The third kappa shape index (κ3) is 3.75. The molecule has 2 rings (SSSR count). The van der Waals surface area contributed by atoms with Gasteiger partial charge in [-0.1, -0.05) is 25.3 Å². The van der Waals surface area contributed by atoms with Gasteiger partial charge in [-0.2, -0.15) is 0 Å². The van der Waals surface area contributed by atoms with E-state index in [0.717, 1.165) is 17.2 Å². The van der Waals surface area contributed by atoms with Crippen molar-refractivity contribution < 1.29 is 4.79 Å². The van der Waals surface area contributed by atoms with Gasteiger partial charge in [0.2, 0.25) is 0 Å². The summed E-state index contributed by atoms with van der Waals surface area (Å²) in [4.78, 5) is 13.6. The van der Waals surface area contributed by atoms with E-state index in [1.807, 2.05) is 24.3 Å². The van der Waals surface area contributed by atoms with Crippen molar-refractivity contribution in [1.29, 1.82) is 0 Å². The zero-order valence-corrected chi connectivity index (χ0v) is 12.9. The van der Waals surface area contributed by atoms with Crippen molar-refractivity contribution >= 4 is 11.6 Å². The second kappa shape index (κ2) is 6.78. The normalized spacial score (nSPS) is 17.6. The number of carbonyl (C=O) groups is 1. The Labute approximate surface area is 122 Å². The Balaban J connectivity index is 2.01. The molecule has 1 atom stereocenters. The molecule has 0 spiro atoms. The first-order chi connectivity index (χ1) is 9.58. The number of rotatable bonds is 4. The van der Waals surface area contributed by atoms with Gasteiger partial charge >= 0.3 is 0 Å². The second-order valence-electron chi connectivity index (χ2n) is 6.11. The van der Waals surface area contributed by atoms with Crippen molar-refractivity contribution in [1.82, 2.24) is 4.90 Å².